The lowest BCUT2D eigenvalue weighted by Crippen LogP contribution is -2.06. The number of allylic oxidation sites excluding steroid dienone is 5. The molecule has 0 fully saturated rings. The zero-order valence-electron chi connectivity index (χ0n) is 13.9. The maximum absolute atomic E-state index is 10.2. The van der Waals surface area contributed by atoms with Crippen molar-refractivity contribution in [3.63, 3.8) is 0 Å². The van der Waals surface area contributed by atoms with E-state index in [9.17, 15) is 5.11 Å². The van der Waals surface area contributed by atoms with E-state index in [-0.39, 0.29) is 11.9 Å². The Bertz CT molecular complexity index is 692. The van der Waals surface area contributed by atoms with E-state index in [1.807, 2.05) is 18.2 Å². The molecule has 3 heteroatoms. The molecule has 0 saturated carbocycles. The summed E-state index contributed by atoms with van der Waals surface area (Å²) < 4.78 is 5.94. The van der Waals surface area contributed by atoms with E-state index >= 15 is 0 Å². The van der Waals surface area contributed by atoms with Crippen LogP contribution in [-0.4, -0.2) is 11.2 Å². The summed E-state index contributed by atoms with van der Waals surface area (Å²) in [6.07, 6.45) is 10.2. The molecule has 0 spiro atoms. The fourth-order valence-corrected chi connectivity index (χ4v) is 2.40. The summed E-state index contributed by atoms with van der Waals surface area (Å²) >= 11 is 0. The van der Waals surface area contributed by atoms with Gasteiger partial charge >= 0.3 is 0 Å². The molecule has 0 aromatic heterocycles. The van der Waals surface area contributed by atoms with Crippen molar-refractivity contribution in [1.29, 1.82) is 5.26 Å². The van der Waals surface area contributed by atoms with Crippen molar-refractivity contribution in [3.05, 3.63) is 59.4 Å². The van der Waals surface area contributed by atoms with Crippen LogP contribution in [0.5, 0.6) is 5.75 Å². The van der Waals surface area contributed by atoms with Gasteiger partial charge in [-0.15, -0.1) is 0 Å². The molecule has 0 amide bonds. The molecule has 120 valence electrons. The average molecular weight is 309 g/mol. The molecule has 1 aromatic carbocycles. The van der Waals surface area contributed by atoms with E-state index in [2.05, 4.69) is 32.9 Å². The van der Waals surface area contributed by atoms with Crippen LogP contribution in [0.25, 0.3) is 5.57 Å². The van der Waals surface area contributed by atoms with E-state index in [1.165, 1.54) is 6.07 Å². The molecule has 0 radical (unpaired) electrons. The lowest BCUT2D eigenvalue weighted by Gasteiger charge is -2.17. The van der Waals surface area contributed by atoms with Gasteiger partial charge in [-0.05, 0) is 61.6 Å². The van der Waals surface area contributed by atoms with Crippen molar-refractivity contribution in [3.8, 4) is 11.8 Å². The van der Waals surface area contributed by atoms with Gasteiger partial charge in [0.1, 0.15) is 11.5 Å². The van der Waals surface area contributed by atoms with Crippen LogP contribution in [0.4, 0.5) is 0 Å². The minimum atomic E-state index is 0.126. The van der Waals surface area contributed by atoms with Crippen LogP contribution in [0.1, 0.15) is 44.7 Å². The van der Waals surface area contributed by atoms with E-state index in [0.717, 1.165) is 29.7 Å². The first-order valence-corrected chi connectivity index (χ1v) is 8.03. The first-order chi connectivity index (χ1) is 11.0. The Hall–Kier alpha value is -2.47. The molecule has 2 rings (SSSR count). The Kier molecular flexibility index (Phi) is 5.65. The fraction of sp³-hybridized carbons (Fsp3) is 0.350. The van der Waals surface area contributed by atoms with Crippen LogP contribution in [0.2, 0.25) is 0 Å². The molecule has 0 aliphatic heterocycles. The van der Waals surface area contributed by atoms with E-state index in [0.29, 0.717) is 11.5 Å². The normalized spacial score (nSPS) is 21.2. The highest BCUT2D eigenvalue weighted by Gasteiger charge is 2.11. The maximum atomic E-state index is 10.2. The third-order valence-electron chi connectivity index (χ3n) is 3.94. The van der Waals surface area contributed by atoms with Crippen LogP contribution < -0.4 is 0 Å². The van der Waals surface area contributed by atoms with Crippen LogP contribution in [0.15, 0.2) is 48.3 Å². The number of nitrogens with zero attached hydrogens (tertiary/aromatic N) is 1. The zero-order chi connectivity index (χ0) is 16.8. The predicted molar refractivity (Wildman–Crippen MR) is 92.6 cm³/mol. The molecule has 1 aromatic rings. The lowest BCUT2D eigenvalue weighted by molar-refractivity contribution is 0.136. The van der Waals surface area contributed by atoms with Gasteiger partial charge in [-0.1, -0.05) is 26.0 Å². The molecule has 0 saturated heterocycles. The van der Waals surface area contributed by atoms with Gasteiger partial charge in [0.25, 0.3) is 0 Å². The third kappa shape index (κ3) is 4.50. The molecule has 23 heavy (non-hydrogen) atoms. The number of aromatic hydroxyl groups is 1. The van der Waals surface area contributed by atoms with E-state index < -0.39 is 0 Å². The van der Waals surface area contributed by atoms with E-state index in [4.69, 9.17) is 10.00 Å². The summed E-state index contributed by atoms with van der Waals surface area (Å²) in [4.78, 5) is 0. The predicted octanol–water partition coefficient (Wildman–Crippen LogP) is 4.94. The SMILES string of the molecule is CCC(C)OC1=CC(C)C/C=C(\c2ccc(C#N)cc2O)C=C1. The summed E-state index contributed by atoms with van der Waals surface area (Å²) in [7, 11) is 0. The molecule has 0 bridgehead atoms. The lowest BCUT2D eigenvalue weighted by atomic mass is 9.96. The highest BCUT2D eigenvalue weighted by Crippen LogP contribution is 2.30. The first-order valence-electron chi connectivity index (χ1n) is 8.03. The monoisotopic (exact) mass is 309 g/mol. The number of hydrogen-bond acceptors (Lipinski definition) is 3. The van der Waals surface area contributed by atoms with Gasteiger partial charge in [0.2, 0.25) is 0 Å². The minimum absolute atomic E-state index is 0.126. The number of phenols is 1. The topological polar surface area (TPSA) is 53.2 Å². The summed E-state index contributed by atoms with van der Waals surface area (Å²) in [6.45, 7) is 6.30. The maximum Gasteiger partial charge on any atom is 0.124 e. The standard InChI is InChI=1S/C20H23NO2/c1-4-15(3)23-18-9-8-17(7-5-14(2)11-18)19-10-6-16(13-21)12-20(19)22/h6-12,14-15,22H,4-5H2,1-3H3/b9-8?,17-7-,18-11?. The molecular formula is C20H23NO2. The summed E-state index contributed by atoms with van der Waals surface area (Å²) in [5.41, 5.74) is 2.13. The number of hydrogen-bond donors (Lipinski definition) is 1. The second-order valence-corrected chi connectivity index (χ2v) is 5.96. The number of ether oxygens (including phenoxy) is 1. The van der Waals surface area contributed by atoms with Crippen LogP contribution in [0, 0.1) is 17.2 Å². The second-order valence-electron chi connectivity index (χ2n) is 5.96. The summed E-state index contributed by atoms with van der Waals surface area (Å²) in [5.74, 6) is 1.35. The third-order valence-corrected chi connectivity index (χ3v) is 3.94. The second kappa shape index (κ2) is 7.69. The van der Waals surface area contributed by atoms with Gasteiger partial charge in [-0.3, -0.25) is 0 Å². The van der Waals surface area contributed by atoms with Crippen LogP contribution in [0.3, 0.4) is 0 Å². The fourth-order valence-electron chi connectivity index (χ4n) is 2.40. The highest BCUT2D eigenvalue weighted by atomic mass is 16.5. The molecule has 1 N–H and O–H groups in total. The van der Waals surface area contributed by atoms with Crippen molar-refractivity contribution in [1.82, 2.24) is 0 Å². The largest absolute Gasteiger partial charge is 0.507 e. The number of phenolic OH excluding ortho intramolecular Hbond substituents is 1. The highest BCUT2D eigenvalue weighted by molar-refractivity contribution is 5.78. The number of benzene rings is 1. The quantitative estimate of drug-likeness (QED) is 0.856. The molecule has 1 aliphatic rings. The van der Waals surface area contributed by atoms with Crippen molar-refractivity contribution in [2.45, 2.75) is 39.7 Å². The van der Waals surface area contributed by atoms with Crippen molar-refractivity contribution < 1.29 is 9.84 Å². The van der Waals surface area contributed by atoms with Crippen LogP contribution in [-0.2, 0) is 4.74 Å². The van der Waals surface area contributed by atoms with Gasteiger partial charge < -0.3 is 9.84 Å². The van der Waals surface area contributed by atoms with Crippen molar-refractivity contribution >= 4 is 5.57 Å². The molecule has 0 heterocycles. The summed E-state index contributed by atoms with van der Waals surface area (Å²) in [6, 6.07) is 7.04. The van der Waals surface area contributed by atoms with Crippen LogP contribution >= 0.6 is 0 Å². The Morgan fingerprint density at radius 1 is 1.39 bits per heavy atom. The zero-order valence-corrected chi connectivity index (χ0v) is 13.9. The van der Waals surface area contributed by atoms with Gasteiger partial charge in [-0.25, -0.2) is 0 Å². The van der Waals surface area contributed by atoms with Gasteiger partial charge in [0.05, 0.1) is 17.7 Å². The molecular weight excluding hydrogens is 286 g/mol. The average Bonchev–Trinajstić information content (AvgIpc) is 2.53. The molecule has 2 atom stereocenters. The van der Waals surface area contributed by atoms with E-state index in [1.54, 1.807) is 12.1 Å². The Morgan fingerprint density at radius 2 is 2.17 bits per heavy atom. The summed E-state index contributed by atoms with van der Waals surface area (Å²) in [5, 5.41) is 19.1. The molecule has 2 unspecified atom stereocenters. The molecule has 1 aliphatic carbocycles. The van der Waals surface area contributed by atoms with Gasteiger partial charge in [-0.2, -0.15) is 5.26 Å². The van der Waals surface area contributed by atoms with Crippen molar-refractivity contribution in [2.24, 2.45) is 5.92 Å². The Balaban J connectivity index is 2.31. The Labute approximate surface area is 138 Å². The van der Waals surface area contributed by atoms with Crippen molar-refractivity contribution in [2.75, 3.05) is 0 Å². The minimum Gasteiger partial charge on any atom is -0.507 e. The Morgan fingerprint density at radius 3 is 2.83 bits per heavy atom. The number of nitriles is 1. The smallest absolute Gasteiger partial charge is 0.124 e. The molecule has 3 nitrogen and oxygen atoms in total. The van der Waals surface area contributed by atoms with Gasteiger partial charge in [0.15, 0.2) is 0 Å². The van der Waals surface area contributed by atoms with Gasteiger partial charge in [0, 0.05) is 5.56 Å². The number of rotatable bonds is 4. The first kappa shape index (κ1) is 16.9.